The van der Waals surface area contributed by atoms with Crippen molar-refractivity contribution >= 4 is 17.5 Å². The third-order valence-corrected chi connectivity index (χ3v) is 5.03. The minimum Gasteiger partial charge on any atom is -0.374 e. The summed E-state index contributed by atoms with van der Waals surface area (Å²) in [5.41, 5.74) is 0.0344. The average Bonchev–Trinajstić information content (AvgIpc) is 2.73. The second-order valence-corrected chi connectivity index (χ2v) is 7.70. The van der Waals surface area contributed by atoms with Crippen LogP contribution in [0.25, 0.3) is 0 Å². The minimum atomic E-state index is 0.0156. The quantitative estimate of drug-likeness (QED) is 0.854. The van der Waals surface area contributed by atoms with Crippen molar-refractivity contribution in [2.45, 2.75) is 51.2 Å². The number of carbonyl (C=O) groups is 1. The van der Waals surface area contributed by atoms with Crippen molar-refractivity contribution in [2.75, 3.05) is 24.7 Å². The van der Waals surface area contributed by atoms with Crippen molar-refractivity contribution in [1.29, 1.82) is 0 Å². The summed E-state index contributed by atoms with van der Waals surface area (Å²) in [6.45, 7) is 7.54. The number of hydrogen-bond donors (Lipinski definition) is 1. The van der Waals surface area contributed by atoms with Gasteiger partial charge in [0.2, 0.25) is 0 Å². The van der Waals surface area contributed by atoms with Crippen molar-refractivity contribution in [3.63, 3.8) is 0 Å². The molecule has 3 nitrogen and oxygen atoms in total. The van der Waals surface area contributed by atoms with E-state index in [1.54, 1.807) is 0 Å². The van der Waals surface area contributed by atoms with Gasteiger partial charge in [-0.25, -0.2) is 0 Å². The highest BCUT2D eigenvalue weighted by Gasteiger charge is 2.42. The number of thioether (sulfide) groups is 1. The van der Waals surface area contributed by atoms with Gasteiger partial charge < -0.3 is 10.1 Å². The Hall–Kier alpha value is -0.0600. The summed E-state index contributed by atoms with van der Waals surface area (Å²) in [5, 5.41) is 3.30. The average molecular weight is 271 g/mol. The molecule has 1 N–H and O–H groups in total. The van der Waals surface area contributed by atoms with Crippen LogP contribution in [-0.2, 0) is 9.53 Å². The Morgan fingerprint density at radius 1 is 1.50 bits per heavy atom. The van der Waals surface area contributed by atoms with Gasteiger partial charge in [0.15, 0.2) is 0 Å². The summed E-state index contributed by atoms with van der Waals surface area (Å²) in [6.07, 6.45) is 2.95. The Labute approximate surface area is 114 Å². The van der Waals surface area contributed by atoms with E-state index in [9.17, 15) is 4.79 Å². The van der Waals surface area contributed by atoms with Gasteiger partial charge in [-0.05, 0) is 45.8 Å². The molecule has 2 heterocycles. The van der Waals surface area contributed by atoms with E-state index in [1.165, 1.54) is 5.75 Å². The van der Waals surface area contributed by atoms with Crippen molar-refractivity contribution in [3.8, 4) is 0 Å². The summed E-state index contributed by atoms with van der Waals surface area (Å²) < 4.78 is 5.96. The molecule has 2 fully saturated rings. The summed E-state index contributed by atoms with van der Waals surface area (Å²) in [4.78, 5) is 12.3. The molecule has 2 saturated heterocycles. The molecule has 1 spiro atoms. The fourth-order valence-electron chi connectivity index (χ4n) is 2.66. The number of rotatable bonds is 3. The lowest BCUT2D eigenvalue weighted by atomic mass is 9.83. The maximum Gasteiger partial charge on any atom is 0.149 e. The molecule has 0 aromatic carbocycles. The van der Waals surface area contributed by atoms with Gasteiger partial charge in [0, 0.05) is 23.8 Å². The molecule has 0 aromatic rings. The Balaban J connectivity index is 1.86. The molecule has 2 aliphatic heterocycles. The van der Waals surface area contributed by atoms with Gasteiger partial charge in [0.25, 0.3) is 0 Å². The van der Waals surface area contributed by atoms with Crippen molar-refractivity contribution in [3.05, 3.63) is 0 Å². The fraction of sp³-hybridized carbons (Fsp3) is 0.929. The maximum atomic E-state index is 12.3. The van der Waals surface area contributed by atoms with E-state index in [2.05, 4.69) is 26.1 Å². The molecule has 4 heteroatoms. The molecular formula is C14H25NO2S. The van der Waals surface area contributed by atoms with Crippen LogP contribution in [0.15, 0.2) is 0 Å². The second-order valence-electron chi connectivity index (χ2n) is 6.59. The molecule has 0 aromatic heterocycles. The van der Waals surface area contributed by atoms with Crippen LogP contribution >= 0.6 is 11.8 Å². The zero-order valence-corrected chi connectivity index (χ0v) is 12.6. The molecule has 104 valence electrons. The Morgan fingerprint density at radius 2 is 2.28 bits per heavy atom. The van der Waals surface area contributed by atoms with Crippen molar-refractivity contribution < 1.29 is 9.53 Å². The van der Waals surface area contributed by atoms with E-state index >= 15 is 0 Å². The lowest BCUT2D eigenvalue weighted by Gasteiger charge is -2.37. The lowest BCUT2D eigenvalue weighted by molar-refractivity contribution is -0.133. The lowest BCUT2D eigenvalue weighted by Crippen LogP contribution is -2.46. The van der Waals surface area contributed by atoms with Gasteiger partial charge in [-0.2, -0.15) is 11.8 Å². The monoisotopic (exact) mass is 271 g/mol. The molecule has 2 atom stereocenters. The number of nitrogens with one attached hydrogen (secondary N) is 1. The van der Waals surface area contributed by atoms with E-state index in [-0.39, 0.29) is 17.1 Å². The van der Waals surface area contributed by atoms with Crippen LogP contribution in [-0.4, -0.2) is 41.6 Å². The highest BCUT2D eigenvalue weighted by atomic mass is 32.2. The van der Waals surface area contributed by atoms with Crippen LogP contribution in [0.3, 0.4) is 0 Å². The molecule has 0 aliphatic carbocycles. The van der Waals surface area contributed by atoms with Crippen LogP contribution in [0.1, 0.15) is 40.0 Å². The first-order chi connectivity index (χ1) is 8.40. The number of Topliss-reactive ketones (excluding diaryl/α,β-unsaturated/α-hetero) is 1. The molecule has 2 unspecified atom stereocenters. The zero-order valence-electron chi connectivity index (χ0n) is 11.8. The SMILES string of the molecule is CC(C)(C)NCC(=O)C1CCOC2(CCSC2)C1. The van der Waals surface area contributed by atoms with Crippen LogP contribution in [0, 0.1) is 5.92 Å². The predicted octanol–water partition coefficient (Wildman–Crippen LogP) is 2.25. The van der Waals surface area contributed by atoms with Gasteiger partial charge in [-0.15, -0.1) is 0 Å². The molecule has 2 aliphatic rings. The fourth-order valence-corrected chi connectivity index (χ4v) is 4.04. The maximum absolute atomic E-state index is 12.3. The van der Waals surface area contributed by atoms with Crippen LogP contribution in [0.2, 0.25) is 0 Å². The largest absolute Gasteiger partial charge is 0.374 e. The van der Waals surface area contributed by atoms with E-state index in [0.717, 1.165) is 31.6 Å². The summed E-state index contributed by atoms with van der Waals surface area (Å²) in [6, 6.07) is 0. The Kier molecular flexibility index (Phi) is 4.40. The van der Waals surface area contributed by atoms with Crippen molar-refractivity contribution in [1.82, 2.24) is 5.32 Å². The van der Waals surface area contributed by atoms with Gasteiger partial charge in [-0.1, -0.05) is 0 Å². The van der Waals surface area contributed by atoms with Gasteiger partial charge in [-0.3, -0.25) is 4.79 Å². The van der Waals surface area contributed by atoms with Gasteiger partial charge >= 0.3 is 0 Å². The van der Waals surface area contributed by atoms with Gasteiger partial charge in [0.1, 0.15) is 5.78 Å². The van der Waals surface area contributed by atoms with Crippen molar-refractivity contribution in [2.24, 2.45) is 5.92 Å². The third-order valence-electron chi connectivity index (χ3n) is 3.81. The summed E-state index contributed by atoms with van der Waals surface area (Å²) >= 11 is 1.96. The molecule has 2 rings (SSSR count). The van der Waals surface area contributed by atoms with Crippen LogP contribution in [0.4, 0.5) is 0 Å². The molecule has 0 bridgehead atoms. The first kappa shape index (κ1) is 14.4. The normalized spacial score (nSPS) is 32.9. The van der Waals surface area contributed by atoms with E-state index < -0.39 is 0 Å². The summed E-state index contributed by atoms with van der Waals surface area (Å²) in [7, 11) is 0. The number of carbonyl (C=O) groups excluding carboxylic acids is 1. The standard InChI is InChI=1S/C14H25NO2S/c1-13(2,3)15-9-12(16)11-4-6-17-14(8-11)5-7-18-10-14/h11,15H,4-10H2,1-3H3. The number of ketones is 1. The number of hydrogen-bond acceptors (Lipinski definition) is 4. The predicted molar refractivity (Wildman–Crippen MR) is 76.1 cm³/mol. The third kappa shape index (κ3) is 3.72. The van der Waals surface area contributed by atoms with Gasteiger partial charge in [0.05, 0.1) is 12.1 Å². The smallest absolute Gasteiger partial charge is 0.149 e. The Bertz CT molecular complexity index is 305. The van der Waals surface area contributed by atoms with E-state index in [4.69, 9.17) is 4.74 Å². The molecular weight excluding hydrogens is 246 g/mol. The highest BCUT2D eigenvalue weighted by molar-refractivity contribution is 7.99. The molecule has 0 amide bonds. The second kappa shape index (κ2) is 5.51. The van der Waals surface area contributed by atoms with Crippen LogP contribution in [0.5, 0.6) is 0 Å². The number of ether oxygens (including phenoxy) is 1. The first-order valence-corrected chi connectivity index (χ1v) is 8.05. The zero-order chi connectivity index (χ0) is 13.2. The minimum absolute atomic E-state index is 0.0156. The topological polar surface area (TPSA) is 38.3 Å². The molecule has 0 radical (unpaired) electrons. The Morgan fingerprint density at radius 3 is 2.89 bits per heavy atom. The highest BCUT2D eigenvalue weighted by Crippen LogP contribution is 2.40. The van der Waals surface area contributed by atoms with Crippen LogP contribution < -0.4 is 5.32 Å². The molecule has 18 heavy (non-hydrogen) atoms. The first-order valence-electron chi connectivity index (χ1n) is 6.90. The summed E-state index contributed by atoms with van der Waals surface area (Å²) in [5.74, 6) is 2.82. The van der Waals surface area contributed by atoms with E-state index in [1.807, 2.05) is 11.8 Å². The van der Waals surface area contributed by atoms with E-state index in [0.29, 0.717) is 12.3 Å². The molecule has 0 saturated carbocycles.